The van der Waals surface area contributed by atoms with E-state index in [0.717, 1.165) is 26.9 Å². The van der Waals surface area contributed by atoms with Crippen molar-refractivity contribution >= 4 is 39.8 Å². The quantitative estimate of drug-likeness (QED) is 0.122. The summed E-state index contributed by atoms with van der Waals surface area (Å²) in [5.74, 6) is 1.74. The Kier molecular flexibility index (Phi) is 9.40. The summed E-state index contributed by atoms with van der Waals surface area (Å²) < 4.78 is 12.3. The Morgan fingerprint density at radius 1 is 0.973 bits per heavy atom. The number of hydrogen-bond acceptors (Lipinski definition) is 5. The van der Waals surface area contributed by atoms with Crippen LogP contribution in [0.2, 0.25) is 0 Å². The molecule has 0 saturated carbocycles. The van der Waals surface area contributed by atoms with E-state index in [4.69, 9.17) is 9.47 Å². The predicted molar refractivity (Wildman–Crippen MR) is 154 cm³/mol. The molecule has 188 valence electrons. The number of carbonyl (C=O) groups excluding carboxylic acids is 1. The van der Waals surface area contributed by atoms with Crippen molar-refractivity contribution in [2.75, 3.05) is 7.11 Å². The fourth-order valence-corrected chi connectivity index (χ4v) is 4.91. The fourth-order valence-electron chi connectivity index (χ4n) is 3.46. The first-order chi connectivity index (χ1) is 18.0. The Morgan fingerprint density at radius 2 is 1.68 bits per heavy atom. The number of rotatable bonds is 10. The van der Waals surface area contributed by atoms with Gasteiger partial charge in [-0.05, 0) is 75.9 Å². The summed E-state index contributed by atoms with van der Waals surface area (Å²) in [4.78, 5) is 13.7. The van der Waals surface area contributed by atoms with E-state index in [1.807, 2.05) is 66.7 Å². The lowest BCUT2D eigenvalue weighted by Crippen LogP contribution is -2.17. The Hall–Kier alpha value is -3.55. The number of amides is 1. The van der Waals surface area contributed by atoms with Crippen molar-refractivity contribution in [1.29, 1.82) is 0 Å². The van der Waals surface area contributed by atoms with Crippen LogP contribution in [0.4, 0.5) is 0 Å². The number of nitrogens with one attached hydrogen (secondary N) is 1. The number of thioether (sulfide) groups is 1. The van der Waals surface area contributed by atoms with Gasteiger partial charge in [0.1, 0.15) is 6.61 Å². The Bertz CT molecular complexity index is 1360. The molecule has 0 bridgehead atoms. The maximum absolute atomic E-state index is 12.5. The minimum Gasteiger partial charge on any atom is -0.493 e. The zero-order chi connectivity index (χ0) is 26.0. The summed E-state index contributed by atoms with van der Waals surface area (Å²) >= 11 is 5.32. The molecule has 4 aromatic rings. The molecule has 0 saturated heterocycles. The van der Waals surface area contributed by atoms with Crippen molar-refractivity contribution < 1.29 is 14.3 Å². The molecule has 5 nitrogen and oxygen atoms in total. The van der Waals surface area contributed by atoms with Gasteiger partial charge in [0.15, 0.2) is 11.5 Å². The third kappa shape index (κ3) is 7.71. The number of hydrazone groups is 1. The molecule has 0 atom stereocenters. The lowest BCUT2D eigenvalue weighted by molar-refractivity contribution is 0.0955. The van der Waals surface area contributed by atoms with Gasteiger partial charge in [-0.3, -0.25) is 4.79 Å². The molecule has 0 spiro atoms. The maximum atomic E-state index is 12.5. The van der Waals surface area contributed by atoms with Crippen LogP contribution in [0.1, 0.15) is 32.6 Å². The van der Waals surface area contributed by atoms with Gasteiger partial charge in [0.2, 0.25) is 0 Å². The van der Waals surface area contributed by atoms with Crippen LogP contribution >= 0.6 is 27.7 Å². The molecule has 0 aromatic heterocycles. The van der Waals surface area contributed by atoms with Crippen molar-refractivity contribution in [3.63, 3.8) is 0 Å². The molecule has 37 heavy (non-hydrogen) atoms. The summed E-state index contributed by atoms with van der Waals surface area (Å²) in [5.41, 5.74) is 7.30. The fraction of sp³-hybridized carbons (Fsp3) is 0.133. The van der Waals surface area contributed by atoms with Crippen LogP contribution in [-0.4, -0.2) is 19.2 Å². The van der Waals surface area contributed by atoms with Crippen molar-refractivity contribution in [3.05, 3.63) is 123 Å². The molecule has 1 N–H and O–H groups in total. The monoisotopic (exact) mass is 574 g/mol. The van der Waals surface area contributed by atoms with E-state index >= 15 is 0 Å². The van der Waals surface area contributed by atoms with Gasteiger partial charge in [0, 0.05) is 16.2 Å². The molecule has 0 heterocycles. The Labute approximate surface area is 230 Å². The van der Waals surface area contributed by atoms with Crippen LogP contribution in [0.3, 0.4) is 0 Å². The molecule has 0 aliphatic rings. The Morgan fingerprint density at radius 3 is 2.38 bits per heavy atom. The van der Waals surface area contributed by atoms with Crippen LogP contribution in [0, 0.1) is 6.92 Å². The van der Waals surface area contributed by atoms with Crippen molar-refractivity contribution in [3.8, 4) is 11.5 Å². The second kappa shape index (κ2) is 13.1. The lowest BCUT2D eigenvalue weighted by atomic mass is 10.1. The molecule has 0 unspecified atom stereocenters. The highest BCUT2D eigenvalue weighted by Crippen LogP contribution is 2.37. The van der Waals surface area contributed by atoms with E-state index in [1.54, 1.807) is 25.1 Å². The smallest absolute Gasteiger partial charge is 0.271 e. The third-order valence-corrected chi connectivity index (χ3v) is 7.17. The van der Waals surface area contributed by atoms with Crippen LogP contribution < -0.4 is 14.9 Å². The third-order valence-electron chi connectivity index (χ3n) is 5.50. The van der Waals surface area contributed by atoms with Gasteiger partial charge >= 0.3 is 0 Å². The number of benzene rings is 4. The normalized spacial score (nSPS) is 10.9. The lowest BCUT2D eigenvalue weighted by Gasteiger charge is -2.13. The molecule has 7 heteroatoms. The average Bonchev–Trinajstić information content (AvgIpc) is 2.92. The van der Waals surface area contributed by atoms with E-state index in [2.05, 4.69) is 57.6 Å². The maximum Gasteiger partial charge on any atom is 0.271 e. The molecule has 4 aromatic carbocycles. The van der Waals surface area contributed by atoms with Gasteiger partial charge in [-0.15, -0.1) is 11.8 Å². The molecule has 0 radical (unpaired) electrons. The van der Waals surface area contributed by atoms with E-state index in [-0.39, 0.29) is 5.91 Å². The number of halogens is 1. The van der Waals surface area contributed by atoms with Crippen LogP contribution in [0.5, 0.6) is 11.5 Å². The van der Waals surface area contributed by atoms with Gasteiger partial charge < -0.3 is 9.47 Å². The summed E-state index contributed by atoms with van der Waals surface area (Å²) in [6, 6.07) is 29.6. The molecule has 4 rings (SSSR count). The summed E-state index contributed by atoms with van der Waals surface area (Å²) in [5, 5.41) is 4.12. The number of carbonyl (C=O) groups is 1. The van der Waals surface area contributed by atoms with Gasteiger partial charge in [-0.25, -0.2) is 5.43 Å². The minimum absolute atomic E-state index is 0.275. The second-order valence-corrected chi connectivity index (χ2v) is 10.2. The number of ether oxygens (including phenoxy) is 2. The molecule has 1 amide bonds. The van der Waals surface area contributed by atoms with Gasteiger partial charge in [0.25, 0.3) is 5.91 Å². The van der Waals surface area contributed by atoms with Gasteiger partial charge in [-0.2, -0.15) is 5.10 Å². The highest BCUT2D eigenvalue weighted by atomic mass is 79.9. The summed E-state index contributed by atoms with van der Waals surface area (Å²) in [7, 11) is 1.59. The number of hydrogen-bond donors (Lipinski definition) is 1. The van der Waals surface area contributed by atoms with Crippen molar-refractivity contribution in [2.24, 2.45) is 5.10 Å². The highest BCUT2D eigenvalue weighted by Gasteiger charge is 2.12. The predicted octanol–water partition coefficient (Wildman–Crippen LogP) is 7.40. The Balaban J connectivity index is 1.33. The van der Waals surface area contributed by atoms with Gasteiger partial charge in [-0.1, -0.05) is 60.2 Å². The van der Waals surface area contributed by atoms with Crippen molar-refractivity contribution in [2.45, 2.75) is 24.2 Å². The van der Waals surface area contributed by atoms with E-state index < -0.39 is 0 Å². The average molecular weight is 576 g/mol. The number of methoxy groups -OCH3 is 1. The molecule has 0 aliphatic carbocycles. The topological polar surface area (TPSA) is 59.9 Å². The van der Waals surface area contributed by atoms with Crippen LogP contribution in [0.25, 0.3) is 0 Å². The second-order valence-electron chi connectivity index (χ2n) is 8.31. The van der Waals surface area contributed by atoms with E-state index in [1.165, 1.54) is 10.5 Å². The first-order valence-electron chi connectivity index (χ1n) is 11.7. The summed E-state index contributed by atoms with van der Waals surface area (Å²) in [6.45, 7) is 2.47. The SMILES string of the molecule is COc1cc(/C=N\NC(=O)c2ccc(CSc3ccccc3)cc2)cc(Br)c1OCc1ccc(C)cc1. The molecule has 0 fully saturated rings. The molecule has 0 aliphatic heterocycles. The molecular formula is C30H27BrN2O3S. The first kappa shape index (κ1) is 26.5. The molecular weight excluding hydrogens is 548 g/mol. The van der Waals surface area contributed by atoms with Crippen LogP contribution in [0.15, 0.2) is 105 Å². The largest absolute Gasteiger partial charge is 0.493 e. The van der Waals surface area contributed by atoms with Crippen molar-refractivity contribution in [1.82, 2.24) is 5.43 Å². The van der Waals surface area contributed by atoms with E-state index in [0.29, 0.717) is 23.7 Å². The van der Waals surface area contributed by atoms with E-state index in [9.17, 15) is 4.79 Å². The highest BCUT2D eigenvalue weighted by molar-refractivity contribution is 9.10. The number of aryl methyl sites for hydroxylation is 1. The standard InChI is InChI=1S/C30H27BrN2O3S/c1-21-8-10-22(11-9-21)19-36-29-27(31)16-24(17-28(29)35-2)18-32-33-30(34)25-14-12-23(13-15-25)20-37-26-6-4-3-5-7-26/h3-18H,19-20H2,1-2H3,(H,33,34)/b32-18-. The minimum atomic E-state index is -0.275. The zero-order valence-corrected chi connectivity index (χ0v) is 23.0. The van der Waals surface area contributed by atoms with Gasteiger partial charge in [0.05, 0.1) is 17.8 Å². The van der Waals surface area contributed by atoms with Crippen LogP contribution in [-0.2, 0) is 12.4 Å². The zero-order valence-electron chi connectivity index (χ0n) is 20.6. The number of nitrogens with zero attached hydrogens (tertiary/aromatic N) is 1. The first-order valence-corrected chi connectivity index (χ1v) is 13.5. The summed E-state index contributed by atoms with van der Waals surface area (Å²) in [6.07, 6.45) is 1.57.